The molecule has 1 unspecified atom stereocenters. The molecule has 1 saturated heterocycles. The van der Waals surface area contributed by atoms with Gasteiger partial charge in [-0.05, 0) is 60.7 Å². The minimum atomic E-state index is -0.315. The molecule has 0 aliphatic carbocycles. The van der Waals surface area contributed by atoms with Crippen molar-refractivity contribution in [1.82, 2.24) is 14.9 Å². The number of hydrogen-bond donors (Lipinski definition) is 1. The van der Waals surface area contributed by atoms with Gasteiger partial charge in [0.05, 0.1) is 19.6 Å². The Morgan fingerprint density at radius 3 is 2.94 bits per heavy atom. The fourth-order valence-electron chi connectivity index (χ4n) is 4.63. The van der Waals surface area contributed by atoms with Gasteiger partial charge in [-0.3, -0.25) is 4.79 Å². The smallest absolute Gasteiger partial charge is 0.228 e. The maximum atomic E-state index is 14.0. The van der Waals surface area contributed by atoms with E-state index in [-0.39, 0.29) is 17.6 Å². The Balaban J connectivity index is 1.42. The van der Waals surface area contributed by atoms with E-state index in [4.69, 9.17) is 9.47 Å². The number of carbonyl (C=O) groups is 1. The number of ether oxygens (including phenoxy) is 2. The van der Waals surface area contributed by atoms with Crippen molar-refractivity contribution in [2.75, 3.05) is 33.4 Å². The Kier molecular flexibility index (Phi) is 5.66. The number of methoxy groups -OCH3 is 1. The zero-order valence-corrected chi connectivity index (χ0v) is 18.1. The topological polar surface area (TPSA) is 67.5 Å². The monoisotopic (exact) mass is 435 g/mol. The highest BCUT2D eigenvalue weighted by Gasteiger charge is 2.28. The van der Waals surface area contributed by atoms with Crippen LogP contribution in [-0.2, 0) is 9.53 Å². The number of fused-ring (bicyclic) bond motifs is 1. The van der Waals surface area contributed by atoms with E-state index in [1.807, 2.05) is 11.0 Å². The number of halogens is 1. The SMILES string of the molecule is COc1ccc(F)cc1-c1ccnc2[nH]c(C3=CCN(C(=O)C4CCCOC4)CC3)cc12. The Bertz CT molecular complexity index is 1180. The summed E-state index contributed by atoms with van der Waals surface area (Å²) < 4.78 is 24.9. The molecule has 6 nitrogen and oxygen atoms in total. The van der Waals surface area contributed by atoms with E-state index in [0.717, 1.165) is 53.7 Å². The van der Waals surface area contributed by atoms with Gasteiger partial charge in [0.25, 0.3) is 0 Å². The van der Waals surface area contributed by atoms with Crippen molar-refractivity contribution >= 4 is 22.5 Å². The lowest BCUT2D eigenvalue weighted by atomic mass is 9.98. The number of hydrogen-bond acceptors (Lipinski definition) is 4. The van der Waals surface area contributed by atoms with Gasteiger partial charge in [0, 0.05) is 42.5 Å². The van der Waals surface area contributed by atoms with Crippen molar-refractivity contribution in [3.05, 3.63) is 54.1 Å². The van der Waals surface area contributed by atoms with Crippen LogP contribution in [0.2, 0.25) is 0 Å². The highest BCUT2D eigenvalue weighted by molar-refractivity contribution is 5.96. The van der Waals surface area contributed by atoms with Crippen LogP contribution in [-0.4, -0.2) is 54.2 Å². The normalized spacial score (nSPS) is 19.1. The molecule has 5 rings (SSSR count). The largest absolute Gasteiger partial charge is 0.496 e. The molecule has 166 valence electrons. The first-order chi connectivity index (χ1) is 15.6. The van der Waals surface area contributed by atoms with Crippen LogP contribution in [0.25, 0.3) is 27.7 Å². The molecule has 0 bridgehead atoms. The van der Waals surface area contributed by atoms with Crippen molar-refractivity contribution in [2.45, 2.75) is 19.3 Å². The lowest BCUT2D eigenvalue weighted by Crippen LogP contribution is -2.41. The molecule has 0 radical (unpaired) electrons. The van der Waals surface area contributed by atoms with Crippen molar-refractivity contribution in [2.24, 2.45) is 5.92 Å². The fourth-order valence-corrected chi connectivity index (χ4v) is 4.63. The first kappa shape index (κ1) is 20.7. The van der Waals surface area contributed by atoms with Gasteiger partial charge in [-0.2, -0.15) is 0 Å². The van der Waals surface area contributed by atoms with Gasteiger partial charge in [0.15, 0.2) is 0 Å². The van der Waals surface area contributed by atoms with E-state index >= 15 is 0 Å². The van der Waals surface area contributed by atoms with Crippen LogP contribution in [0, 0.1) is 11.7 Å². The van der Waals surface area contributed by atoms with Gasteiger partial charge in [0.1, 0.15) is 17.2 Å². The molecule has 2 aromatic heterocycles. The van der Waals surface area contributed by atoms with Crippen LogP contribution >= 0.6 is 0 Å². The molecule has 7 heteroatoms. The summed E-state index contributed by atoms with van der Waals surface area (Å²) in [5.41, 5.74) is 4.42. The average molecular weight is 435 g/mol. The van der Waals surface area contributed by atoms with Crippen LogP contribution in [0.5, 0.6) is 5.75 Å². The van der Waals surface area contributed by atoms with E-state index in [1.54, 1.807) is 19.4 Å². The Morgan fingerprint density at radius 2 is 2.19 bits per heavy atom. The van der Waals surface area contributed by atoms with Crippen LogP contribution in [0.1, 0.15) is 25.0 Å². The highest BCUT2D eigenvalue weighted by atomic mass is 19.1. The van der Waals surface area contributed by atoms with Gasteiger partial charge >= 0.3 is 0 Å². The van der Waals surface area contributed by atoms with E-state index < -0.39 is 0 Å². The van der Waals surface area contributed by atoms with Gasteiger partial charge in [-0.25, -0.2) is 9.37 Å². The molecule has 2 aliphatic heterocycles. The van der Waals surface area contributed by atoms with Gasteiger partial charge in [-0.1, -0.05) is 6.08 Å². The first-order valence-electron chi connectivity index (χ1n) is 11.0. The lowest BCUT2D eigenvalue weighted by Gasteiger charge is -2.31. The van der Waals surface area contributed by atoms with Crippen molar-refractivity contribution in [3.63, 3.8) is 0 Å². The molecule has 2 aliphatic rings. The number of aromatic nitrogens is 2. The predicted octanol–water partition coefficient (Wildman–Crippen LogP) is 4.42. The number of nitrogens with zero attached hydrogens (tertiary/aromatic N) is 2. The standard InChI is InChI=1S/C25H26FN3O3/c1-31-23-5-4-18(26)13-20(23)19-6-9-27-24-21(19)14-22(28-24)16-7-10-29(11-8-16)25(30)17-3-2-12-32-15-17/h4-7,9,13-14,17H,2-3,8,10-12,15H2,1H3,(H,27,28). The van der Waals surface area contributed by atoms with E-state index in [2.05, 4.69) is 22.1 Å². The lowest BCUT2D eigenvalue weighted by molar-refractivity contribution is -0.139. The van der Waals surface area contributed by atoms with Crippen LogP contribution < -0.4 is 4.74 Å². The maximum absolute atomic E-state index is 14.0. The number of amides is 1. The summed E-state index contributed by atoms with van der Waals surface area (Å²) >= 11 is 0. The van der Waals surface area contributed by atoms with Crippen LogP contribution in [0.15, 0.2) is 42.6 Å². The summed E-state index contributed by atoms with van der Waals surface area (Å²) in [6.45, 7) is 2.57. The summed E-state index contributed by atoms with van der Waals surface area (Å²) in [5, 5.41) is 0.908. The molecule has 4 heterocycles. The summed E-state index contributed by atoms with van der Waals surface area (Å²) in [4.78, 5) is 22.6. The second kappa shape index (κ2) is 8.74. The minimum Gasteiger partial charge on any atom is -0.496 e. The summed E-state index contributed by atoms with van der Waals surface area (Å²) in [6.07, 6.45) is 6.45. The Labute approximate surface area is 186 Å². The van der Waals surface area contributed by atoms with E-state index in [1.165, 1.54) is 12.1 Å². The number of nitrogens with one attached hydrogen (secondary N) is 1. The first-order valence-corrected chi connectivity index (χ1v) is 11.0. The minimum absolute atomic E-state index is 0.0141. The molecule has 1 amide bonds. The van der Waals surface area contributed by atoms with Crippen LogP contribution in [0.3, 0.4) is 0 Å². The second-order valence-electron chi connectivity index (χ2n) is 8.33. The molecular formula is C25H26FN3O3. The molecule has 0 saturated carbocycles. The number of H-pyrrole nitrogens is 1. The molecular weight excluding hydrogens is 409 g/mol. The van der Waals surface area contributed by atoms with Crippen LogP contribution in [0.4, 0.5) is 4.39 Å². The third-order valence-electron chi connectivity index (χ3n) is 6.36. The number of carbonyl (C=O) groups excluding carboxylic acids is 1. The molecule has 0 spiro atoms. The molecule has 32 heavy (non-hydrogen) atoms. The molecule has 1 N–H and O–H groups in total. The molecule has 1 aromatic carbocycles. The number of benzene rings is 1. The third-order valence-corrected chi connectivity index (χ3v) is 6.36. The Morgan fingerprint density at radius 1 is 1.28 bits per heavy atom. The third kappa shape index (κ3) is 3.88. The van der Waals surface area contributed by atoms with Crippen molar-refractivity contribution in [3.8, 4) is 16.9 Å². The molecule has 3 aromatic rings. The van der Waals surface area contributed by atoms with E-state index in [0.29, 0.717) is 31.0 Å². The summed E-state index contributed by atoms with van der Waals surface area (Å²) in [6, 6.07) is 8.44. The van der Waals surface area contributed by atoms with E-state index in [9.17, 15) is 9.18 Å². The Hall–Kier alpha value is -3.19. The molecule has 1 fully saturated rings. The van der Waals surface area contributed by atoms with Crippen molar-refractivity contribution in [1.29, 1.82) is 0 Å². The quantitative estimate of drug-likeness (QED) is 0.659. The second-order valence-corrected chi connectivity index (χ2v) is 8.33. The highest BCUT2D eigenvalue weighted by Crippen LogP contribution is 2.36. The van der Waals surface area contributed by atoms with Gasteiger partial charge < -0.3 is 19.4 Å². The average Bonchev–Trinajstić information content (AvgIpc) is 3.29. The summed E-state index contributed by atoms with van der Waals surface area (Å²) in [5.74, 6) is 0.475. The number of rotatable bonds is 4. The predicted molar refractivity (Wildman–Crippen MR) is 121 cm³/mol. The maximum Gasteiger partial charge on any atom is 0.228 e. The summed E-state index contributed by atoms with van der Waals surface area (Å²) in [7, 11) is 1.58. The van der Waals surface area contributed by atoms with Gasteiger partial charge in [-0.15, -0.1) is 0 Å². The zero-order chi connectivity index (χ0) is 22.1. The fraction of sp³-hybridized carbons (Fsp3) is 0.360. The molecule has 1 atom stereocenters. The number of aromatic amines is 1. The van der Waals surface area contributed by atoms with Crippen molar-refractivity contribution < 1.29 is 18.7 Å². The van der Waals surface area contributed by atoms with Gasteiger partial charge in [0.2, 0.25) is 5.91 Å². The number of pyridine rings is 1. The zero-order valence-electron chi connectivity index (χ0n) is 18.1.